The fraction of sp³-hybridized carbons (Fsp3) is 0.267. The van der Waals surface area contributed by atoms with Crippen molar-refractivity contribution in [2.24, 2.45) is 0 Å². The van der Waals surface area contributed by atoms with Crippen LogP contribution in [0.1, 0.15) is 29.1 Å². The topological polar surface area (TPSA) is 46.3 Å². The van der Waals surface area contributed by atoms with E-state index in [1.807, 2.05) is 31.4 Å². The lowest BCUT2D eigenvalue weighted by Gasteiger charge is -2.27. The van der Waals surface area contributed by atoms with E-state index in [2.05, 4.69) is 0 Å². The molecule has 2 N–H and O–H groups in total. The number of anilines is 1. The minimum absolute atomic E-state index is 0.0861. The minimum atomic E-state index is -0.0894. The van der Waals surface area contributed by atoms with Crippen LogP contribution in [0.5, 0.6) is 0 Å². The first-order valence-electron chi connectivity index (χ1n) is 6.37. The molecule has 0 aliphatic heterocycles. The Balaban J connectivity index is 2.29. The number of rotatable bonds is 4. The van der Waals surface area contributed by atoms with Crippen LogP contribution in [0.3, 0.4) is 0 Å². The number of hydrogen-bond acceptors (Lipinski definition) is 3. The average molecular weight is 309 g/mol. The summed E-state index contributed by atoms with van der Waals surface area (Å²) in [6.07, 6.45) is 0. The van der Waals surface area contributed by atoms with Crippen LogP contribution in [-0.4, -0.2) is 16.8 Å². The minimum Gasteiger partial charge on any atom is -0.398 e. The highest BCUT2D eigenvalue weighted by atomic mass is 35.5. The van der Waals surface area contributed by atoms with E-state index in [0.29, 0.717) is 22.8 Å². The second kappa shape index (κ2) is 6.29. The molecule has 0 bridgehead atoms. The summed E-state index contributed by atoms with van der Waals surface area (Å²) >= 11 is 7.60. The van der Waals surface area contributed by atoms with Gasteiger partial charge in [-0.15, -0.1) is 11.3 Å². The van der Waals surface area contributed by atoms with Gasteiger partial charge >= 0.3 is 0 Å². The first-order valence-corrected chi connectivity index (χ1v) is 7.63. The third-order valence-electron chi connectivity index (χ3n) is 3.04. The number of benzene rings is 1. The third kappa shape index (κ3) is 3.32. The zero-order chi connectivity index (χ0) is 14.7. The van der Waals surface area contributed by atoms with Crippen molar-refractivity contribution in [1.29, 1.82) is 0 Å². The van der Waals surface area contributed by atoms with Gasteiger partial charge in [0.2, 0.25) is 0 Å². The van der Waals surface area contributed by atoms with E-state index in [-0.39, 0.29) is 11.9 Å². The number of carbonyl (C=O) groups is 1. The second-order valence-electron chi connectivity index (χ2n) is 4.84. The normalized spacial score (nSPS) is 10.8. The van der Waals surface area contributed by atoms with Gasteiger partial charge in [-0.3, -0.25) is 4.79 Å². The molecule has 0 spiro atoms. The number of amides is 1. The summed E-state index contributed by atoms with van der Waals surface area (Å²) in [6.45, 7) is 4.57. The predicted octanol–water partition coefficient (Wildman–Crippen LogP) is 4.03. The van der Waals surface area contributed by atoms with Gasteiger partial charge in [-0.25, -0.2) is 0 Å². The van der Waals surface area contributed by atoms with E-state index in [0.717, 1.165) is 4.88 Å². The van der Waals surface area contributed by atoms with Crippen LogP contribution in [0.4, 0.5) is 5.69 Å². The summed E-state index contributed by atoms with van der Waals surface area (Å²) in [5.74, 6) is -0.0894. The lowest BCUT2D eigenvalue weighted by molar-refractivity contribution is 0.0693. The summed E-state index contributed by atoms with van der Waals surface area (Å²) < 4.78 is 0. The highest BCUT2D eigenvalue weighted by Crippen LogP contribution is 2.22. The Bertz CT molecular complexity index is 596. The number of hydrogen-bond donors (Lipinski definition) is 1. The quantitative estimate of drug-likeness (QED) is 0.867. The van der Waals surface area contributed by atoms with E-state index in [9.17, 15) is 4.79 Å². The number of carbonyl (C=O) groups excluding carboxylic acids is 1. The van der Waals surface area contributed by atoms with Crippen molar-refractivity contribution in [3.05, 3.63) is 51.2 Å². The summed E-state index contributed by atoms with van der Waals surface area (Å²) in [4.78, 5) is 15.6. The molecular formula is C15H17ClN2OS. The van der Waals surface area contributed by atoms with Crippen molar-refractivity contribution in [2.75, 3.05) is 5.73 Å². The Labute approximate surface area is 128 Å². The number of halogens is 1. The van der Waals surface area contributed by atoms with Gasteiger partial charge in [0.05, 0.1) is 12.1 Å². The number of nitrogens with zero attached hydrogens (tertiary/aromatic N) is 1. The highest BCUT2D eigenvalue weighted by molar-refractivity contribution is 7.09. The van der Waals surface area contributed by atoms with Gasteiger partial charge < -0.3 is 10.6 Å². The van der Waals surface area contributed by atoms with Gasteiger partial charge in [0.1, 0.15) is 0 Å². The van der Waals surface area contributed by atoms with Crippen LogP contribution in [0, 0.1) is 0 Å². The van der Waals surface area contributed by atoms with Crippen molar-refractivity contribution >= 4 is 34.5 Å². The maximum Gasteiger partial charge on any atom is 0.256 e. The van der Waals surface area contributed by atoms with E-state index < -0.39 is 0 Å². The molecule has 5 heteroatoms. The fourth-order valence-electron chi connectivity index (χ4n) is 1.93. The van der Waals surface area contributed by atoms with Crippen LogP contribution in [-0.2, 0) is 6.54 Å². The summed E-state index contributed by atoms with van der Waals surface area (Å²) in [5, 5.41) is 2.52. The van der Waals surface area contributed by atoms with Crippen molar-refractivity contribution in [3.8, 4) is 0 Å². The maximum absolute atomic E-state index is 12.7. The summed E-state index contributed by atoms with van der Waals surface area (Å²) in [6, 6.07) is 9.07. The highest BCUT2D eigenvalue weighted by Gasteiger charge is 2.21. The molecule has 20 heavy (non-hydrogen) atoms. The predicted molar refractivity (Wildman–Crippen MR) is 85.2 cm³/mol. The van der Waals surface area contributed by atoms with E-state index in [1.165, 1.54) is 0 Å². The molecule has 2 rings (SSSR count). The molecule has 1 aromatic heterocycles. The largest absolute Gasteiger partial charge is 0.398 e. The van der Waals surface area contributed by atoms with Gasteiger partial charge in [-0.1, -0.05) is 17.7 Å². The standard InChI is InChI=1S/C15H17ClN2OS/c1-10(2)18(9-12-4-3-7-20-12)15(19)13-8-11(16)5-6-14(13)17/h3-8,10H,9,17H2,1-2H3. The lowest BCUT2D eigenvalue weighted by atomic mass is 10.1. The molecule has 0 aliphatic carbocycles. The monoisotopic (exact) mass is 308 g/mol. The van der Waals surface area contributed by atoms with Gasteiger partial charge in [0, 0.05) is 21.6 Å². The third-order valence-corrected chi connectivity index (χ3v) is 4.13. The molecule has 2 aromatic rings. The fourth-order valence-corrected chi connectivity index (χ4v) is 2.80. The molecule has 106 valence electrons. The Morgan fingerprint density at radius 1 is 1.40 bits per heavy atom. The number of nitrogen functional groups attached to an aromatic ring is 1. The maximum atomic E-state index is 12.7. The molecule has 0 fully saturated rings. The van der Waals surface area contributed by atoms with Crippen LogP contribution >= 0.6 is 22.9 Å². The van der Waals surface area contributed by atoms with Gasteiger partial charge in [0.15, 0.2) is 0 Å². The molecule has 0 atom stereocenters. The van der Waals surface area contributed by atoms with Crippen LogP contribution < -0.4 is 5.73 Å². The van der Waals surface area contributed by atoms with Crippen molar-refractivity contribution < 1.29 is 4.79 Å². The van der Waals surface area contributed by atoms with Gasteiger partial charge in [-0.2, -0.15) is 0 Å². The van der Waals surface area contributed by atoms with Gasteiger partial charge in [-0.05, 0) is 43.5 Å². The Hall–Kier alpha value is -1.52. The van der Waals surface area contributed by atoms with Crippen LogP contribution in [0.2, 0.25) is 5.02 Å². The van der Waals surface area contributed by atoms with Crippen molar-refractivity contribution in [1.82, 2.24) is 4.90 Å². The Kier molecular flexibility index (Phi) is 4.68. The molecular weight excluding hydrogens is 292 g/mol. The van der Waals surface area contributed by atoms with Crippen LogP contribution in [0.15, 0.2) is 35.7 Å². The molecule has 0 saturated carbocycles. The molecule has 1 amide bonds. The summed E-state index contributed by atoms with van der Waals surface area (Å²) in [5.41, 5.74) is 6.81. The van der Waals surface area contributed by atoms with Gasteiger partial charge in [0.25, 0.3) is 5.91 Å². The van der Waals surface area contributed by atoms with E-state index in [4.69, 9.17) is 17.3 Å². The van der Waals surface area contributed by atoms with Crippen molar-refractivity contribution in [3.63, 3.8) is 0 Å². The Morgan fingerprint density at radius 2 is 2.15 bits per heavy atom. The Morgan fingerprint density at radius 3 is 2.75 bits per heavy atom. The molecule has 1 heterocycles. The average Bonchev–Trinajstić information content (AvgIpc) is 2.90. The van der Waals surface area contributed by atoms with E-state index in [1.54, 1.807) is 34.4 Å². The zero-order valence-corrected chi connectivity index (χ0v) is 13.0. The molecule has 3 nitrogen and oxygen atoms in total. The first-order chi connectivity index (χ1) is 9.49. The number of nitrogens with two attached hydrogens (primary N) is 1. The second-order valence-corrected chi connectivity index (χ2v) is 6.31. The van der Waals surface area contributed by atoms with Crippen molar-refractivity contribution in [2.45, 2.75) is 26.4 Å². The first kappa shape index (κ1) is 14.9. The molecule has 0 unspecified atom stereocenters. The molecule has 0 aliphatic rings. The number of thiophene rings is 1. The van der Waals surface area contributed by atoms with Crippen LogP contribution in [0.25, 0.3) is 0 Å². The SMILES string of the molecule is CC(C)N(Cc1cccs1)C(=O)c1cc(Cl)ccc1N. The summed E-state index contributed by atoms with van der Waals surface area (Å²) in [7, 11) is 0. The zero-order valence-electron chi connectivity index (χ0n) is 11.5. The smallest absolute Gasteiger partial charge is 0.256 e. The molecule has 1 aromatic carbocycles. The van der Waals surface area contributed by atoms with E-state index >= 15 is 0 Å². The molecule has 0 saturated heterocycles. The lowest BCUT2D eigenvalue weighted by Crippen LogP contribution is -2.36. The molecule has 0 radical (unpaired) electrons.